The molecule has 0 saturated carbocycles. The third-order valence-electron chi connectivity index (χ3n) is 1.64. The van der Waals surface area contributed by atoms with Crippen LogP contribution < -0.4 is 10.5 Å². The molecule has 1 atom stereocenters. The zero-order chi connectivity index (χ0) is 10.7. The number of halogens is 1. The second-order valence-electron chi connectivity index (χ2n) is 2.55. The van der Waals surface area contributed by atoms with Crippen LogP contribution in [0.3, 0.4) is 0 Å². The van der Waals surface area contributed by atoms with E-state index in [1.807, 2.05) is 0 Å². The maximum Gasteiger partial charge on any atom is 0.326 e. The maximum absolute atomic E-state index is 10.6. The van der Waals surface area contributed by atoms with Crippen LogP contribution in [-0.2, 0) is 4.79 Å². The van der Waals surface area contributed by atoms with Crippen molar-refractivity contribution in [3.8, 4) is 5.75 Å². The average Bonchev–Trinajstić information content (AvgIpc) is 2.16. The second kappa shape index (κ2) is 4.39. The summed E-state index contributed by atoms with van der Waals surface area (Å²) in [6.45, 7) is 0. The molecular formula is C8H9BrN2O3. The summed E-state index contributed by atoms with van der Waals surface area (Å²) in [7, 11) is 1.50. The van der Waals surface area contributed by atoms with Crippen LogP contribution in [0.4, 0.5) is 0 Å². The van der Waals surface area contributed by atoms with Crippen LogP contribution in [0.15, 0.2) is 16.7 Å². The molecule has 0 amide bonds. The Morgan fingerprint density at radius 2 is 2.36 bits per heavy atom. The molecule has 0 fully saturated rings. The molecule has 0 aliphatic rings. The van der Waals surface area contributed by atoms with Crippen molar-refractivity contribution in [2.24, 2.45) is 5.73 Å². The van der Waals surface area contributed by atoms with Crippen LogP contribution in [0.2, 0.25) is 0 Å². The first-order valence-electron chi connectivity index (χ1n) is 3.75. The Labute approximate surface area is 89.0 Å². The lowest BCUT2D eigenvalue weighted by molar-refractivity contribution is -0.138. The van der Waals surface area contributed by atoms with E-state index in [1.165, 1.54) is 13.2 Å². The van der Waals surface area contributed by atoms with Crippen LogP contribution in [0.25, 0.3) is 0 Å². The first-order valence-corrected chi connectivity index (χ1v) is 4.54. The van der Waals surface area contributed by atoms with Gasteiger partial charge in [-0.2, -0.15) is 0 Å². The van der Waals surface area contributed by atoms with E-state index in [1.54, 1.807) is 6.07 Å². The lowest BCUT2D eigenvalue weighted by atomic mass is 10.2. The number of nitrogens with two attached hydrogens (primary N) is 1. The van der Waals surface area contributed by atoms with E-state index in [0.717, 1.165) is 0 Å². The van der Waals surface area contributed by atoms with Gasteiger partial charge in [0.15, 0.2) is 5.75 Å². The van der Waals surface area contributed by atoms with Gasteiger partial charge in [0.1, 0.15) is 10.6 Å². The minimum atomic E-state index is -1.12. The van der Waals surface area contributed by atoms with Gasteiger partial charge in [-0.05, 0) is 28.1 Å². The van der Waals surface area contributed by atoms with Gasteiger partial charge >= 0.3 is 5.97 Å². The largest absolute Gasteiger partial charge is 0.494 e. The highest BCUT2D eigenvalue weighted by Crippen LogP contribution is 2.23. The highest BCUT2D eigenvalue weighted by molar-refractivity contribution is 9.10. The molecule has 0 bridgehead atoms. The maximum atomic E-state index is 10.6. The minimum absolute atomic E-state index is 0.283. The van der Waals surface area contributed by atoms with Crippen molar-refractivity contribution in [3.05, 3.63) is 22.4 Å². The highest BCUT2D eigenvalue weighted by Gasteiger charge is 2.16. The molecule has 0 aliphatic heterocycles. The Kier molecular flexibility index (Phi) is 3.43. The quantitative estimate of drug-likeness (QED) is 0.791. The molecule has 1 unspecified atom stereocenters. The molecule has 1 rings (SSSR count). The summed E-state index contributed by atoms with van der Waals surface area (Å²) in [5, 5.41) is 8.64. The van der Waals surface area contributed by atoms with Gasteiger partial charge < -0.3 is 15.6 Å². The molecule has 3 N–H and O–H groups in total. The van der Waals surface area contributed by atoms with E-state index in [9.17, 15) is 4.79 Å². The number of aromatic nitrogens is 1. The van der Waals surface area contributed by atoms with Crippen molar-refractivity contribution < 1.29 is 14.6 Å². The summed E-state index contributed by atoms with van der Waals surface area (Å²) in [5.74, 6) is -0.582. The van der Waals surface area contributed by atoms with Crippen LogP contribution in [0.1, 0.15) is 11.7 Å². The van der Waals surface area contributed by atoms with Gasteiger partial charge in [0.05, 0.1) is 12.8 Å². The summed E-state index contributed by atoms with van der Waals surface area (Å²) < 4.78 is 5.38. The number of rotatable bonds is 3. The number of aliphatic carboxylic acids is 1. The predicted molar refractivity (Wildman–Crippen MR) is 53.1 cm³/mol. The molecule has 5 nitrogen and oxygen atoms in total. The van der Waals surface area contributed by atoms with Gasteiger partial charge in [-0.15, -0.1) is 0 Å². The second-order valence-corrected chi connectivity index (χ2v) is 3.30. The summed E-state index contributed by atoms with van der Waals surface area (Å²) in [6.07, 6.45) is 0. The third kappa shape index (κ3) is 2.21. The molecule has 0 spiro atoms. The fraction of sp³-hybridized carbons (Fsp3) is 0.250. The third-order valence-corrected chi connectivity index (χ3v) is 2.21. The Morgan fingerprint density at radius 3 is 2.79 bits per heavy atom. The molecule has 0 saturated heterocycles. The van der Waals surface area contributed by atoms with E-state index in [0.29, 0.717) is 10.4 Å². The molecule has 0 aromatic carbocycles. The Bertz CT molecular complexity index is 356. The van der Waals surface area contributed by atoms with Gasteiger partial charge in [-0.1, -0.05) is 0 Å². The Balaban J connectivity index is 3.02. The molecule has 1 heterocycles. The van der Waals surface area contributed by atoms with Crippen LogP contribution >= 0.6 is 15.9 Å². The SMILES string of the molecule is COc1ccc(C(N)C(=O)O)nc1Br. The van der Waals surface area contributed by atoms with Gasteiger partial charge in [0.25, 0.3) is 0 Å². The molecule has 6 heteroatoms. The summed E-state index contributed by atoms with van der Waals surface area (Å²) in [6, 6.07) is 2.01. The van der Waals surface area contributed by atoms with Crippen molar-refractivity contribution >= 4 is 21.9 Å². The van der Waals surface area contributed by atoms with Crippen LogP contribution in [0, 0.1) is 0 Å². The molecule has 0 radical (unpaired) electrons. The van der Waals surface area contributed by atoms with E-state index >= 15 is 0 Å². The molecular weight excluding hydrogens is 252 g/mol. The standard InChI is InChI=1S/C8H9BrN2O3/c1-14-5-3-2-4(11-7(5)9)6(10)8(12)13/h2-3,6H,10H2,1H3,(H,12,13). The van der Waals surface area contributed by atoms with E-state index in [4.69, 9.17) is 15.6 Å². The summed E-state index contributed by atoms with van der Waals surface area (Å²) >= 11 is 3.14. The number of carboxylic acid groups (broad SMARTS) is 1. The van der Waals surface area contributed by atoms with Gasteiger partial charge in [0, 0.05) is 0 Å². The van der Waals surface area contributed by atoms with Gasteiger partial charge in [-0.3, -0.25) is 4.79 Å². The molecule has 0 aliphatic carbocycles. The first-order chi connectivity index (χ1) is 6.56. The van der Waals surface area contributed by atoms with Crippen molar-refractivity contribution in [2.75, 3.05) is 7.11 Å². The van der Waals surface area contributed by atoms with Crippen LogP contribution in [-0.4, -0.2) is 23.2 Å². The van der Waals surface area contributed by atoms with E-state index in [-0.39, 0.29) is 5.69 Å². The monoisotopic (exact) mass is 260 g/mol. The van der Waals surface area contributed by atoms with Crippen molar-refractivity contribution in [1.82, 2.24) is 4.98 Å². The number of hydrogen-bond acceptors (Lipinski definition) is 4. The fourth-order valence-electron chi connectivity index (χ4n) is 0.888. The number of hydrogen-bond donors (Lipinski definition) is 2. The van der Waals surface area contributed by atoms with Crippen molar-refractivity contribution in [1.29, 1.82) is 0 Å². The molecule has 1 aromatic heterocycles. The number of methoxy groups -OCH3 is 1. The lowest BCUT2D eigenvalue weighted by Crippen LogP contribution is -2.21. The highest BCUT2D eigenvalue weighted by atomic mass is 79.9. The number of carbonyl (C=O) groups is 1. The summed E-state index contributed by atoms with van der Waals surface area (Å²) in [4.78, 5) is 14.5. The predicted octanol–water partition coefficient (Wildman–Crippen LogP) is 0.937. The molecule has 14 heavy (non-hydrogen) atoms. The summed E-state index contributed by atoms with van der Waals surface area (Å²) in [5.41, 5.74) is 5.66. The average molecular weight is 261 g/mol. The van der Waals surface area contributed by atoms with E-state index < -0.39 is 12.0 Å². The Morgan fingerprint density at radius 1 is 1.71 bits per heavy atom. The normalized spacial score (nSPS) is 12.2. The first kappa shape index (κ1) is 10.9. The smallest absolute Gasteiger partial charge is 0.326 e. The zero-order valence-corrected chi connectivity index (χ0v) is 8.98. The number of pyridine rings is 1. The zero-order valence-electron chi connectivity index (χ0n) is 7.40. The lowest BCUT2D eigenvalue weighted by Gasteiger charge is -2.08. The molecule has 76 valence electrons. The van der Waals surface area contributed by atoms with Crippen molar-refractivity contribution in [3.63, 3.8) is 0 Å². The van der Waals surface area contributed by atoms with Crippen LogP contribution in [0.5, 0.6) is 5.75 Å². The number of carboxylic acids is 1. The number of ether oxygens (including phenoxy) is 1. The Hall–Kier alpha value is -1.14. The fourth-order valence-corrected chi connectivity index (χ4v) is 1.39. The molecule has 1 aromatic rings. The topological polar surface area (TPSA) is 85.4 Å². The number of nitrogens with zero attached hydrogens (tertiary/aromatic N) is 1. The van der Waals surface area contributed by atoms with Crippen molar-refractivity contribution in [2.45, 2.75) is 6.04 Å². The minimum Gasteiger partial charge on any atom is -0.494 e. The van der Waals surface area contributed by atoms with Gasteiger partial charge in [-0.25, -0.2) is 4.98 Å². The van der Waals surface area contributed by atoms with Gasteiger partial charge in [0.2, 0.25) is 0 Å². The van der Waals surface area contributed by atoms with E-state index in [2.05, 4.69) is 20.9 Å².